The Balaban J connectivity index is 1.55. The number of aromatic nitrogens is 2. The molecule has 0 bridgehead atoms. The molecule has 0 radical (unpaired) electrons. The summed E-state index contributed by atoms with van der Waals surface area (Å²) in [5.41, 5.74) is 9.45. The quantitative estimate of drug-likeness (QED) is 0.520. The maximum absolute atomic E-state index is 13.1. The summed E-state index contributed by atoms with van der Waals surface area (Å²) in [6.07, 6.45) is 4.95. The molecule has 8 heteroatoms. The topological polar surface area (TPSA) is 119 Å². The van der Waals surface area contributed by atoms with E-state index in [0.717, 1.165) is 49.0 Å². The van der Waals surface area contributed by atoms with E-state index in [9.17, 15) is 14.4 Å². The van der Waals surface area contributed by atoms with Crippen molar-refractivity contribution < 1.29 is 14.4 Å². The number of nitrogens with zero attached hydrogens (tertiary/aromatic N) is 2. The van der Waals surface area contributed by atoms with E-state index in [1.54, 1.807) is 24.3 Å². The molecule has 0 aliphatic heterocycles. The second kappa shape index (κ2) is 9.47. The van der Waals surface area contributed by atoms with Gasteiger partial charge in [-0.15, -0.1) is 0 Å². The standard InChI is InChI=1S/C24H25N5O3/c25-21(30)15-26-23(31)16-11-13-17(14-12-16)27-24(32)22-19-9-5-2-6-10-20(19)29(28-22)18-7-3-1-4-8-18/h1,3-4,7-8,11-14H,2,5-6,9-10,15H2,(H2,25,30)(H,26,31)(H,27,32). The van der Waals surface area contributed by atoms with Crippen LogP contribution in [0.2, 0.25) is 0 Å². The molecule has 3 amide bonds. The summed E-state index contributed by atoms with van der Waals surface area (Å²) in [7, 11) is 0. The second-order valence-corrected chi connectivity index (χ2v) is 7.76. The highest BCUT2D eigenvalue weighted by Crippen LogP contribution is 2.27. The third kappa shape index (κ3) is 4.69. The summed E-state index contributed by atoms with van der Waals surface area (Å²) < 4.78 is 1.89. The van der Waals surface area contributed by atoms with Gasteiger partial charge in [0.2, 0.25) is 5.91 Å². The number of nitrogens with one attached hydrogen (secondary N) is 2. The van der Waals surface area contributed by atoms with Crippen molar-refractivity contribution in [3.8, 4) is 5.69 Å². The number of hydrogen-bond donors (Lipinski definition) is 3. The molecule has 32 heavy (non-hydrogen) atoms. The Kier molecular flexibility index (Phi) is 6.30. The number of rotatable bonds is 6. The first-order chi connectivity index (χ1) is 15.5. The normalized spacial score (nSPS) is 13.0. The molecule has 0 saturated carbocycles. The summed E-state index contributed by atoms with van der Waals surface area (Å²) in [5, 5.41) is 10.0. The highest BCUT2D eigenvalue weighted by Gasteiger charge is 2.24. The molecule has 4 N–H and O–H groups in total. The van der Waals surface area contributed by atoms with Crippen LogP contribution in [0.5, 0.6) is 0 Å². The van der Waals surface area contributed by atoms with Gasteiger partial charge in [-0.2, -0.15) is 5.10 Å². The Hall–Kier alpha value is -3.94. The molecule has 8 nitrogen and oxygen atoms in total. The molecule has 1 aliphatic rings. The van der Waals surface area contributed by atoms with Crippen LogP contribution in [-0.4, -0.2) is 34.0 Å². The lowest BCUT2D eigenvalue weighted by Gasteiger charge is -2.07. The largest absolute Gasteiger partial charge is 0.368 e. The van der Waals surface area contributed by atoms with Crippen molar-refractivity contribution in [3.05, 3.63) is 77.1 Å². The summed E-state index contributed by atoms with van der Waals surface area (Å²) in [5.74, 6) is -1.30. The Morgan fingerprint density at radius 3 is 2.34 bits per heavy atom. The van der Waals surface area contributed by atoms with E-state index in [2.05, 4.69) is 15.7 Å². The van der Waals surface area contributed by atoms with Crippen LogP contribution < -0.4 is 16.4 Å². The van der Waals surface area contributed by atoms with Crippen molar-refractivity contribution in [1.29, 1.82) is 0 Å². The zero-order chi connectivity index (χ0) is 22.5. The highest BCUT2D eigenvalue weighted by atomic mass is 16.2. The smallest absolute Gasteiger partial charge is 0.276 e. The predicted octanol–water partition coefficient (Wildman–Crippen LogP) is 2.61. The first-order valence-corrected chi connectivity index (χ1v) is 10.7. The predicted molar refractivity (Wildman–Crippen MR) is 121 cm³/mol. The van der Waals surface area contributed by atoms with Crippen LogP contribution in [0.4, 0.5) is 5.69 Å². The minimum Gasteiger partial charge on any atom is -0.368 e. The van der Waals surface area contributed by atoms with Crippen molar-refractivity contribution in [3.63, 3.8) is 0 Å². The molecule has 164 valence electrons. The number of carbonyl (C=O) groups excluding carboxylic acids is 3. The van der Waals surface area contributed by atoms with Gasteiger partial charge in [0.15, 0.2) is 5.69 Å². The van der Waals surface area contributed by atoms with Crippen LogP contribution >= 0.6 is 0 Å². The Bertz CT molecular complexity index is 1140. The van der Waals surface area contributed by atoms with E-state index in [1.807, 2.05) is 35.0 Å². The average Bonchev–Trinajstić information content (AvgIpc) is 2.99. The zero-order valence-electron chi connectivity index (χ0n) is 17.6. The lowest BCUT2D eigenvalue weighted by Crippen LogP contribution is -2.33. The van der Waals surface area contributed by atoms with Crippen LogP contribution in [0.25, 0.3) is 5.69 Å². The minimum absolute atomic E-state index is 0.230. The fourth-order valence-corrected chi connectivity index (χ4v) is 3.91. The molecule has 0 fully saturated rings. The van der Waals surface area contributed by atoms with E-state index in [1.165, 1.54) is 0 Å². The first-order valence-electron chi connectivity index (χ1n) is 10.7. The van der Waals surface area contributed by atoms with Crippen LogP contribution in [-0.2, 0) is 17.6 Å². The summed E-state index contributed by atoms with van der Waals surface area (Å²) in [6.45, 7) is -0.230. The van der Waals surface area contributed by atoms with E-state index in [4.69, 9.17) is 5.73 Å². The summed E-state index contributed by atoms with van der Waals surface area (Å²) in [6, 6.07) is 16.3. The lowest BCUT2D eigenvalue weighted by molar-refractivity contribution is -0.117. The van der Waals surface area contributed by atoms with E-state index in [-0.39, 0.29) is 12.5 Å². The van der Waals surface area contributed by atoms with Crippen molar-refractivity contribution in [2.24, 2.45) is 5.73 Å². The van der Waals surface area contributed by atoms with Crippen LogP contribution in [0.15, 0.2) is 54.6 Å². The van der Waals surface area contributed by atoms with Gasteiger partial charge in [-0.05, 0) is 62.1 Å². The molecule has 0 saturated heterocycles. The van der Waals surface area contributed by atoms with Gasteiger partial charge in [-0.3, -0.25) is 14.4 Å². The van der Waals surface area contributed by atoms with Crippen molar-refractivity contribution in [2.75, 3.05) is 11.9 Å². The highest BCUT2D eigenvalue weighted by molar-refractivity contribution is 6.04. The van der Waals surface area contributed by atoms with Gasteiger partial charge in [-0.25, -0.2) is 4.68 Å². The fraction of sp³-hybridized carbons (Fsp3) is 0.250. The number of hydrogen-bond acceptors (Lipinski definition) is 4. The zero-order valence-corrected chi connectivity index (χ0v) is 17.6. The number of carbonyl (C=O) groups is 3. The van der Waals surface area contributed by atoms with Gasteiger partial charge in [0.1, 0.15) is 0 Å². The van der Waals surface area contributed by atoms with Crippen LogP contribution in [0, 0.1) is 0 Å². The van der Waals surface area contributed by atoms with Gasteiger partial charge in [-0.1, -0.05) is 24.6 Å². The lowest BCUT2D eigenvalue weighted by atomic mass is 10.1. The molecule has 2 aromatic carbocycles. The minimum atomic E-state index is -0.615. The van der Waals surface area contributed by atoms with Gasteiger partial charge in [0.25, 0.3) is 11.8 Å². The number of fused-ring (bicyclic) bond motifs is 1. The number of amides is 3. The third-order valence-electron chi connectivity index (χ3n) is 5.47. The number of anilines is 1. The number of nitrogens with two attached hydrogens (primary N) is 1. The second-order valence-electron chi connectivity index (χ2n) is 7.76. The monoisotopic (exact) mass is 431 g/mol. The van der Waals surface area contributed by atoms with Gasteiger partial charge < -0.3 is 16.4 Å². The maximum Gasteiger partial charge on any atom is 0.276 e. The maximum atomic E-state index is 13.1. The van der Waals surface area contributed by atoms with Gasteiger partial charge in [0.05, 0.1) is 12.2 Å². The summed E-state index contributed by atoms with van der Waals surface area (Å²) >= 11 is 0. The van der Waals surface area contributed by atoms with E-state index in [0.29, 0.717) is 16.9 Å². The molecule has 1 aromatic heterocycles. The Labute approximate surface area is 185 Å². The molecule has 4 rings (SSSR count). The molecule has 3 aromatic rings. The van der Waals surface area contributed by atoms with Crippen molar-refractivity contribution in [1.82, 2.24) is 15.1 Å². The Morgan fingerprint density at radius 1 is 0.906 bits per heavy atom. The first kappa shape index (κ1) is 21.3. The van der Waals surface area contributed by atoms with Gasteiger partial charge >= 0.3 is 0 Å². The van der Waals surface area contributed by atoms with Gasteiger partial charge in [0, 0.05) is 22.5 Å². The Morgan fingerprint density at radius 2 is 1.62 bits per heavy atom. The molecular formula is C24H25N5O3. The molecule has 1 aliphatic carbocycles. The van der Waals surface area contributed by atoms with Crippen molar-refractivity contribution >= 4 is 23.4 Å². The SMILES string of the molecule is NC(=O)CNC(=O)c1ccc(NC(=O)c2nn(-c3ccccc3)c3c2CCCCC3)cc1. The number of benzene rings is 2. The molecule has 0 spiro atoms. The third-order valence-corrected chi connectivity index (χ3v) is 5.47. The van der Waals surface area contributed by atoms with Crippen molar-refractivity contribution in [2.45, 2.75) is 32.1 Å². The molecule has 1 heterocycles. The number of primary amides is 1. The average molecular weight is 431 g/mol. The van der Waals surface area contributed by atoms with Crippen LogP contribution in [0.1, 0.15) is 51.4 Å². The number of para-hydroxylation sites is 1. The molecule has 0 atom stereocenters. The molecular weight excluding hydrogens is 406 g/mol. The summed E-state index contributed by atoms with van der Waals surface area (Å²) in [4.78, 5) is 36.0. The van der Waals surface area contributed by atoms with E-state index < -0.39 is 11.8 Å². The van der Waals surface area contributed by atoms with Crippen LogP contribution in [0.3, 0.4) is 0 Å². The fourth-order valence-electron chi connectivity index (χ4n) is 3.91. The molecule has 0 unspecified atom stereocenters. The van der Waals surface area contributed by atoms with E-state index >= 15 is 0 Å².